The minimum Gasteiger partial charge on any atom is -0.354 e. The average molecular weight is 579 g/mol. The van der Waals surface area contributed by atoms with Gasteiger partial charge in [0.05, 0.1) is 33.9 Å². The van der Waals surface area contributed by atoms with Crippen molar-refractivity contribution in [2.75, 3.05) is 10.6 Å². The first-order valence-corrected chi connectivity index (χ1v) is 14.7. The van der Waals surface area contributed by atoms with E-state index in [9.17, 15) is 35.5 Å². The number of hydrogen-bond donors (Lipinski definition) is 4. The van der Waals surface area contributed by atoms with Gasteiger partial charge in [-0.25, -0.2) is 0 Å². The Morgan fingerprint density at radius 1 is 0.550 bits per heavy atom. The van der Waals surface area contributed by atoms with Crippen LogP contribution >= 0.6 is 0 Å². The topological polar surface area (TPSA) is 167 Å². The van der Waals surface area contributed by atoms with Gasteiger partial charge in [-0.15, -0.1) is 0 Å². The largest absolute Gasteiger partial charge is 0.354 e. The lowest BCUT2D eigenvalue weighted by Gasteiger charge is -2.24. The van der Waals surface area contributed by atoms with E-state index < -0.39 is 41.6 Å². The molecule has 0 amide bonds. The fraction of sp³-hybridized carbons (Fsp3) is 0.0714. The Kier molecular flexibility index (Phi) is 6.59. The van der Waals surface area contributed by atoms with Crippen LogP contribution < -0.4 is 10.6 Å². The number of anilines is 4. The lowest BCUT2D eigenvalue weighted by Crippen LogP contribution is -2.23. The molecule has 0 fully saturated rings. The first kappa shape index (κ1) is 27.2. The number of carbonyl (C=O) groups is 2. The van der Waals surface area contributed by atoms with Crippen molar-refractivity contribution in [1.82, 2.24) is 0 Å². The van der Waals surface area contributed by atoms with Crippen LogP contribution in [0.4, 0.5) is 22.7 Å². The highest BCUT2D eigenvalue weighted by Gasteiger charge is 2.34. The van der Waals surface area contributed by atoms with Gasteiger partial charge in [0.25, 0.3) is 20.2 Å². The first-order chi connectivity index (χ1) is 18.8. The number of nitrogens with one attached hydrogen (secondary N) is 2. The summed E-state index contributed by atoms with van der Waals surface area (Å²) in [6.07, 6.45) is 0. The Morgan fingerprint density at radius 3 is 1.25 bits per heavy atom. The molecule has 4 N–H and O–H groups in total. The van der Waals surface area contributed by atoms with Crippen molar-refractivity contribution in [1.29, 1.82) is 0 Å². The zero-order valence-electron chi connectivity index (χ0n) is 21.1. The smallest absolute Gasteiger partial charge is 0.296 e. The Labute approximate surface area is 230 Å². The van der Waals surface area contributed by atoms with E-state index in [4.69, 9.17) is 0 Å². The molecule has 1 aliphatic rings. The van der Waals surface area contributed by atoms with Gasteiger partial charge in [-0.05, 0) is 61.4 Å². The van der Waals surface area contributed by atoms with Crippen LogP contribution in [0.2, 0.25) is 0 Å². The van der Waals surface area contributed by atoms with Gasteiger partial charge in [-0.1, -0.05) is 36.4 Å². The second-order valence-corrected chi connectivity index (χ2v) is 12.1. The van der Waals surface area contributed by atoms with Crippen molar-refractivity contribution in [3.8, 4) is 0 Å². The zero-order chi connectivity index (χ0) is 29.0. The first-order valence-electron chi connectivity index (χ1n) is 11.8. The van der Waals surface area contributed by atoms with Gasteiger partial charge in [-0.2, -0.15) is 16.8 Å². The van der Waals surface area contributed by atoms with Crippen LogP contribution in [0.25, 0.3) is 0 Å². The van der Waals surface area contributed by atoms with E-state index in [1.165, 1.54) is 48.5 Å². The van der Waals surface area contributed by atoms with Crippen molar-refractivity contribution >= 4 is 54.6 Å². The second kappa shape index (κ2) is 9.68. The molecule has 5 rings (SSSR count). The second-order valence-electron chi connectivity index (χ2n) is 9.31. The minimum absolute atomic E-state index is 0.0256. The molecular weight excluding hydrogens is 556 g/mol. The number of ketones is 2. The summed E-state index contributed by atoms with van der Waals surface area (Å²) >= 11 is 0. The van der Waals surface area contributed by atoms with Crippen LogP contribution in [0.3, 0.4) is 0 Å². The molecule has 0 aromatic heterocycles. The van der Waals surface area contributed by atoms with Crippen LogP contribution in [0, 0.1) is 13.8 Å². The molecule has 0 saturated carbocycles. The van der Waals surface area contributed by atoms with Gasteiger partial charge in [-0.3, -0.25) is 18.7 Å². The van der Waals surface area contributed by atoms with Crippen molar-refractivity contribution < 1.29 is 35.5 Å². The van der Waals surface area contributed by atoms with Gasteiger partial charge in [0.2, 0.25) is 0 Å². The molecule has 40 heavy (non-hydrogen) atoms. The van der Waals surface area contributed by atoms with Gasteiger partial charge in [0.1, 0.15) is 9.79 Å². The predicted octanol–water partition coefficient (Wildman–Crippen LogP) is 5.06. The molecule has 204 valence electrons. The van der Waals surface area contributed by atoms with Crippen LogP contribution in [-0.4, -0.2) is 37.5 Å². The molecule has 4 aromatic carbocycles. The monoisotopic (exact) mass is 578 g/mol. The number of fused-ring (bicyclic) bond motifs is 2. The number of carbonyl (C=O) groups excluding carboxylic acids is 2. The molecule has 0 spiro atoms. The maximum atomic E-state index is 13.8. The van der Waals surface area contributed by atoms with Crippen molar-refractivity contribution in [3.05, 3.63) is 106 Å². The van der Waals surface area contributed by atoms with E-state index in [-0.39, 0.29) is 45.0 Å². The molecule has 4 aromatic rings. The molecule has 0 heterocycles. The van der Waals surface area contributed by atoms with Gasteiger partial charge in [0, 0.05) is 11.1 Å². The molecule has 1 aliphatic carbocycles. The highest BCUT2D eigenvalue weighted by Crippen LogP contribution is 2.40. The Balaban J connectivity index is 1.73. The normalized spacial score (nSPS) is 13.0. The summed E-state index contributed by atoms with van der Waals surface area (Å²) in [7, 11) is -9.30. The molecule has 0 atom stereocenters. The summed E-state index contributed by atoms with van der Waals surface area (Å²) in [6.45, 7) is 3.29. The highest BCUT2D eigenvalue weighted by atomic mass is 32.2. The van der Waals surface area contributed by atoms with E-state index in [0.29, 0.717) is 11.1 Å². The quantitative estimate of drug-likeness (QED) is 0.200. The summed E-state index contributed by atoms with van der Waals surface area (Å²) in [5, 5.41) is 5.75. The van der Waals surface area contributed by atoms with E-state index in [1.807, 2.05) is 0 Å². The highest BCUT2D eigenvalue weighted by molar-refractivity contribution is 7.86. The standard InChI is InChI=1S/C28H22N2O8S2/c1-15-7-9-19(23(13-15)39(33,34)35)29-21-11-12-22(30-20-10-8-16(2)14-24(20)40(36,37)38)26-25(21)27(31)17-5-3-4-6-18(17)28(26)32/h3-14,29-30H,1-2H3,(H,33,34,35)(H,36,37,38). The molecule has 0 unspecified atom stereocenters. The molecule has 0 saturated heterocycles. The fourth-order valence-electron chi connectivity index (χ4n) is 4.61. The fourth-order valence-corrected chi connectivity index (χ4v) is 6.08. The molecular formula is C28H22N2O8S2. The van der Waals surface area contributed by atoms with E-state index in [2.05, 4.69) is 10.6 Å². The van der Waals surface area contributed by atoms with E-state index >= 15 is 0 Å². The van der Waals surface area contributed by atoms with E-state index in [1.54, 1.807) is 38.1 Å². The Morgan fingerprint density at radius 2 is 0.900 bits per heavy atom. The lowest BCUT2D eigenvalue weighted by atomic mass is 9.82. The third-order valence-electron chi connectivity index (χ3n) is 6.44. The van der Waals surface area contributed by atoms with Crippen LogP contribution in [0.15, 0.2) is 82.6 Å². The molecule has 0 aliphatic heterocycles. The predicted molar refractivity (Wildman–Crippen MR) is 148 cm³/mol. The maximum absolute atomic E-state index is 13.8. The van der Waals surface area contributed by atoms with Crippen LogP contribution in [0.1, 0.15) is 43.0 Å². The van der Waals surface area contributed by atoms with Gasteiger partial charge >= 0.3 is 0 Å². The number of benzene rings is 4. The molecule has 0 radical (unpaired) electrons. The Bertz CT molecular complexity index is 1820. The minimum atomic E-state index is -4.65. The summed E-state index contributed by atoms with van der Waals surface area (Å²) in [6, 6.07) is 17.6. The van der Waals surface area contributed by atoms with Gasteiger partial charge < -0.3 is 10.6 Å². The molecule has 12 heteroatoms. The number of rotatable bonds is 6. The average Bonchev–Trinajstić information content (AvgIpc) is 2.88. The van der Waals surface area contributed by atoms with Crippen molar-refractivity contribution in [3.63, 3.8) is 0 Å². The summed E-state index contributed by atoms with van der Waals surface area (Å²) in [5.41, 5.74) is 1.33. The number of hydrogen-bond acceptors (Lipinski definition) is 8. The summed E-state index contributed by atoms with van der Waals surface area (Å²) < 4.78 is 67.9. The third-order valence-corrected chi connectivity index (χ3v) is 8.23. The van der Waals surface area contributed by atoms with E-state index in [0.717, 1.165) is 0 Å². The van der Waals surface area contributed by atoms with Gasteiger partial charge in [0.15, 0.2) is 11.6 Å². The number of aryl methyl sites for hydroxylation is 2. The maximum Gasteiger partial charge on any atom is 0.296 e. The summed E-state index contributed by atoms with van der Waals surface area (Å²) in [5.74, 6) is -1.06. The van der Waals surface area contributed by atoms with Crippen LogP contribution in [0.5, 0.6) is 0 Å². The SMILES string of the molecule is Cc1ccc(Nc2ccc(Nc3ccc(C)cc3S(=O)(=O)O)c3c2C(=O)c2ccccc2C3=O)c(S(=O)(=O)O)c1. The third kappa shape index (κ3) is 4.89. The van der Waals surface area contributed by atoms with Crippen molar-refractivity contribution in [2.24, 2.45) is 0 Å². The Hall–Kier alpha value is -4.36. The zero-order valence-corrected chi connectivity index (χ0v) is 22.7. The van der Waals surface area contributed by atoms with Crippen molar-refractivity contribution in [2.45, 2.75) is 23.6 Å². The van der Waals surface area contributed by atoms with Crippen LogP contribution in [-0.2, 0) is 20.2 Å². The lowest BCUT2D eigenvalue weighted by molar-refractivity contribution is 0.0980. The molecule has 0 bridgehead atoms. The summed E-state index contributed by atoms with van der Waals surface area (Å²) in [4.78, 5) is 26.7. The molecule has 10 nitrogen and oxygen atoms in total.